The fourth-order valence-electron chi connectivity index (χ4n) is 9.13. The van der Waals surface area contributed by atoms with Crippen molar-refractivity contribution < 1.29 is 24.2 Å². The van der Waals surface area contributed by atoms with Crippen LogP contribution in [0.25, 0.3) is 22.0 Å². The third-order valence-corrected chi connectivity index (χ3v) is 12.2. The standard InChI is InChI=1S/C43H50N4O7/c48-35-14-11-32(33-12-15-39(50)45-40(33)35)36(49)26-44-25-29-10-13-34-37(24-29)54-42(52)47(34)20-5-2-7-28-8-6-9-31(23-28)43(18-3-1-4-19-43)41(51)53-38-27-46-21-16-30(38)17-22-46/h6,8-15,23-24,30,36,38,44,48-49H,1-5,7,16-22,25-27H2,(H,45,50)/t36-,38+/m1/s1. The number of rotatable bonds is 13. The monoisotopic (exact) mass is 734 g/mol. The van der Waals surface area contributed by atoms with E-state index in [4.69, 9.17) is 9.15 Å². The number of ether oxygens (including phenoxy) is 1. The summed E-state index contributed by atoms with van der Waals surface area (Å²) < 4.78 is 13.7. The summed E-state index contributed by atoms with van der Waals surface area (Å²) in [7, 11) is 0. The Bertz CT molecular complexity index is 2240. The number of aromatic nitrogens is 2. The third-order valence-electron chi connectivity index (χ3n) is 12.2. The zero-order chi connectivity index (χ0) is 37.2. The normalized spacial score (nSPS) is 21.4. The lowest BCUT2D eigenvalue weighted by molar-refractivity contribution is -0.167. The minimum Gasteiger partial charge on any atom is -0.506 e. The number of phenols is 1. The molecule has 54 heavy (non-hydrogen) atoms. The van der Waals surface area contributed by atoms with Crippen molar-refractivity contribution in [3.05, 3.63) is 110 Å². The number of unbranched alkanes of at least 4 members (excludes halogenated alkanes) is 1. The molecule has 9 rings (SSSR count). The van der Waals surface area contributed by atoms with Gasteiger partial charge in [-0.3, -0.25) is 19.1 Å². The average Bonchev–Trinajstić information content (AvgIpc) is 3.51. The molecule has 3 aliphatic heterocycles. The van der Waals surface area contributed by atoms with Gasteiger partial charge in [-0.1, -0.05) is 55.7 Å². The third kappa shape index (κ3) is 7.37. The number of H-pyrrole nitrogens is 1. The number of aryl methyl sites for hydroxylation is 2. The van der Waals surface area contributed by atoms with E-state index in [1.54, 1.807) is 16.7 Å². The maximum absolute atomic E-state index is 14.0. The van der Waals surface area contributed by atoms with Crippen LogP contribution in [0.5, 0.6) is 5.75 Å². The predicted molar refractivity (Wildman–Crippen MR) is 207 cm³/mol. The molecule has 2 aromatic heterocycles. The topological polar surface area (TPSA) is 150 Å². The van der Waals surface area contributed by atoms with Crippen molar-refractivity contribution in [3.63, 3.8) is 0 Å². The Labute approximate surface area is 313 Å². The van der Waals surface area contributed by atoms with Gasteiger partial charge in [-0.2, -0.15) is 0 Å². The second-order valence-corrected chi connectivity index (χ2v) is 15.6. The van der Waals surface area contributed by atoms with Crippen molar-refractivity contribution in [2.24, 2.45) is 5.92 Å². The number of aliphatic hydroxyl groups is 1. The van der Waals surface area contributed by atoms with Crippen LogP contribution in [0.4, 0.5) is 0 Å². The summed E-state index contributed by atoms with van der Waals surface area (Å²) in [6, 6.07) is 20.3. The Morgan fingerprint density at radius 1 is 0.981 bits per heavy atom. The Balaban J connectivity index is 0.863. The van der Waals surface area contributed by atoms with Crippen LogP contribution in [0.1, 0.15) is 86.1 Å². The molecule has 3 aromatic carbocycles. The number of esters is 1. The van der Waals surface area contributed by atoms with Gasteiger partial charge in [0.2, 0.25) is 5.56 Å². The van der Waals surface area contributed by atoms with Crippen LogP contribution in [-0.2, 0) is 34.5 Å². The van der Waals surface area contributed by atoms with E-state index in [0.29, 0.717) is 41.1 Å². The number of aliphatic hydroxyl groups excluding tert-OH is 1. The van der Waals surface area contributed by atoms with E-state index in [2.05, 4.69) is 39.5 Å². The minimum atomic E-state index is -0.881. The van der Waals surface area contributed by atoms with E-state index >= 15 is 0 Å². The van der Waals surface area contributed by atoms with Crippen LogP contribution in [0.2, 0.25) is 0 Å². The maximum atomic E-state index is 14.0. The molecular formula is C43H50N4O7. The number of aromatic amines is 1. The van der Waals surface area contributed by atoms with Crippen LogP contribution in [0.15, 0.2) is 80.7 Å². The Hall–Kier alpha value is -4.71. The number of carbonyl (C=O) groups is 1. The Morgan fingerprint density at radius 2 is 1.81 bits per heavy atom. The molecule has 4 N–H and O–H groups in total. The molecule has 11 heteroatoms. The summed E-state index contributed by atoms with van der Waals surface area (Å²) in [4.78, 5) is 43.7. The molecule has 4 aliphatic rings. The smallest absolute Gasteiger partial charge is 0.419 e. The van der Waals surface area contributed by atoms with Gasteiger partial charge in [-0.25, -0.2) is 4.79 Å². The van der Waals surface area contributed by atoms with Crippen LogP contribution >= 0.6 is 0 Å². The minimum absolute atomic E-state index is 0.0150. The Kier molecular flexibility index (Phi) is 10.5. The highest BCUT2D eigenvalue weighted by Gasteiger charge is 2.46. The number of pyridine rings is 1. The summed E-state index contributed by atoms with van der Waals surface area (Å²) in [6.45, 7) is 4.33. The number of aromatic hydroxyl groups is 1. The first-order chi connectivity index (χ1) is 26.3. The summed E-state index contributed by atoms with van der Waals surface area (Å²) in [6.07, 6.45) is 8.84. The quantitative estimate of drug-likeness (QED) is 0.0867. The number of piperidine rings is 3. The highest BCUT2D eigenvalue weighted by molar-refractivity contribution is 5.87. The fourth-order valence-corrected chi connectivity index (χ4v) is 9.13. The molecule has 5 heterocycles. The van der Waals surface area contributed by atoms with Crippen LogP contribution in [0, 0.1) is 5.92 Å². The molecule has 0 unspecified atom stereocenters. The molecule has 5 aromatic rings. The number of benzene rings is 3. The summed E-state index contributed by atoms with van der Waals surface area (Å²) >= 11 is 0. The second kappa shape index (κ2) is 15.6. The number of hydrogen-bond donors (Lipinski definition) is 4. The van der Waals surface area contributed by atoms with E-state index in [0.717, 1.165) is 100 Å². The number of nitrogens with zero attached hydrogens (tertiary/aromatic N) is 2. The first kappa shape index (κ1) is 36.3. The van der Waals surface area contributed by atoms with Gasteiger partial charge in [0.25, 0.3) is 0 Å². The van der Waals surface area contributed by atoms with Gasteiger partial charge in [0.15, 0.2) is 5.58 Å². The average molecular weight is 735 g/mol. The van der Waals surface area contributed by atoms with Crippen LogP contribution in [-0.4, -0.2) is 62.9 Å². The van der Waals surface area contributed by atoms with Crippen LogP contribution in [0.3, 0.4) is 0 Å². The van der Waals surface area contributed by atoms with Crippen molar-refractivity contribution in [2.75, 3.05) is 26.2 Å². The molecule has 0 spiro atoms. The number of oxazole rings is 1. The number of hydrogen-bond acceptors (Lipinski definition) is 9. The summed E-state index contributed by atoms with van der Waals surface area (Å²) in [5, 5.41) is 24.9. The second-order valence-electron chi connectivity index (χ2n) is 15.6. The van der Waals surface area contributed by atoms with Crippen molar-refractivity contribution in [2.45, 2.75) is 94.9 Å². The highest BCUT2D eigenvalue weighted by Crippen LogP contribution is 2.42. The zero-order valence-corrected chi connectivity index (χ0v) is 30.7. The molecule has 3 saturated heterocycles. The summed E-state index contributed by atoms with van der Waals surface area (Å²) in [5.74, 6) is 0.0281. The molecule has 11 nitrogen and oxygen atoms in total. The first-order valence-corrected chi connectivity index (χ1v) is 19.7. The lowest BCUT2D eigenvalue weighted by Gasteiger charge is -2.45. The lowest BCUT2D eigenvalue weighted by Crippen LogP contribution is -2.53. The molecule has 284 valence electrons. The molecular weight excluding hydrogens is 684 g/mol. The van der Waals surface area contributed by atoms with Crippen molar-refractivity contribution >= 4 is 28.0 Å². The van der Waals surface area contributed by atoms with E-state index < -0.39 is 11.5 Å². The number of nitrogens with one attached hydrogen (secondary N) is 2. The fraction of sp³-hybridized carbons (Fsp3) is 0.465. The van der Waals surface area contributed by atoms with Gasteiger partial charge < -0.3 is 29.7 Å². The van der Waals surface area contributed by atoms with Gasteiger partial charge in [0.05, 0.1) is 22.6 Å². The molecule has 2 bridgehead atoms. The van der Waals surface area contributed by atoms with E-state index in [9.17, 15) is 24.6 Å². The van der Waals surface area contributed by atoms with Gasteiger partial charge in [0, 0.05) is 37.6 Å². The van der Waals surface area contributed by atoms with Crippen molar-refractivity contribution in [1.29, 1.82) is 0 Å². The predicted octanol–water partition coefficient (Wildman–Crippen LogP) is 5.83. The molecule has 0 amide bonds. The van der Waals surface area contributed by atoms with E-state index in [1.165, 1.54) is 17.7 Å². The van der Waals surface area contributed by atoms with E-state index in [1.807, 2.05) is 18.2 Å². The number of fused-ring (bicyclic) bond motifs is 5. The SMILES string of the molecule is O=C(O[C@H]1CN2CCC1CC2)C1(c2cccc(CCCCn3c(=O)oc4cc(CNC[C@@H](O)c5ccc(O)c6[nH]c(=O)ccc56)ccc43)c2)CCCCC1. The summed E-state index contributed by atoms with van der Waals surface area (Å²) in [5.41, 5.74) is 4.44. The highest BCUT2D eigenvalue weighted by atomic mass is 16.5. The number of phenolic OH excluding ortho intramolecular Hbond substituents is 1. The van der Waals surface area contributed by atoms with E-state index in [-0.39, 0.29) is 35.7 Å². The first-order valence-electron chi connectivity index (χ1n) is 19.7. The lowest BCUT2D eigenvalue weighted by atomic mass is 9.69. The number of carbonyl (C=O) groups excluding carboxylic acids is 1. The molecule has 4 fully saturated rings. The molecule has 1 aliphatic carbocycles. The largest absolute Gasteiger partial charge is 0.506 e. The van der Waals surface area contributed by atoms with Gasteiger partial charge in [-0.15, -0.1) is 0 Å². The van der Waals surface area contributed by atoms with Crippen molar-refractivity contribution in [3.8, 4) is 5.75 Å². The molecule has 1 saturated carbocycles. The van der Waals surface area contributed by atoms with Gasteiger partial charge >= 0.3 is 11.7 Å². The Morgan fingerprint density at radius 3 is 2.61 bits per heavy atom. The zero-order valence-electron chi connectivity index (χ0n) is 30.7. The molecule has 2 atom stereocenters. The van der Waals surface area contributed by atoms with Gasteiger partial charge in [-0.05, 0) is 110 Å². The van der Waals surface area contributed by atoms with Crippen molar-refractivity contribution in [1.82, 2.24) is 19.8 Å². The van der Waals surface area contributed by atoms with Gasteiger partial charge in [0.1, 0.15) is 11.9 Å². The van der Waals surface area contributed by atoms with Crippen LogP contribution < -0.4 is 16.6 Å². The molecule has 0 radical (unpaired) electrons. The maximum Gasteiger partial charge on any atom is 0.419 e.